The van der Waals surface area contributed by atoms with E-state index in [0.29, 0.717) is 27.8 Å². The first-order valence-electron chi connectivity index (χ1n) is 7.24. The summed E-state index contributed by atoms with van der Waals surface area (Å²) in [6.45, 7) is 2.01. The lowest BCUT2D eigenvalue weighted by atomic mass is 9.90. The van der Waals surface area contributed by atoms with Crippen molar-refractivity contribution in [2.75, 3.05) is 7.11 Å². The molecule has 0 fully saturated rings. The smallest absolute Gasteiger partial charge is 0.416 e. The number of hydrogen-bond donors (Lipinski definition) is 0. The lowest BCUT2D eigenvalue weighted by molar-refractivity contribution is -0.137. The Morgan fingerprint density at radius 2 is 1.92 bits per heavy atom. The van der Waals surface area contributed by atoms with Gasteiger partial charge in [-0.2, -0.15) is 13.2 Å². The highest BCUT2D eigenvalue weighted by atomic mass is 19.4. The van der Waals surface area contributed by atoms with Crippen LogP contribution in [0, 0.1) is 6.92 Å². The Balaban J connectivity index is 2.24. The predicted octanol–water partition coefficient (Wildman–Crippen LogP) is 4.40. The molecule has 0 N–H and O–H groups in total. The van der Waals surface area contributed by atoms with E-state index in [1.165, 1.54) is 7.11 Å². The normalized spacial score (nSPS) is 13.0. The summed E-state index contributed by atoms with van der Waals surface area (Å²) in [5.74, 6) is -0.534. The van der Waals surface area contributed by atoms with Crippen molar-refractivity contribution in [1.82, 2.24) is 0 Å². The summed E-state index contributed by atoms with van der Waals surface area (Å²) in [6, 6.07) is 7.08. The molecule has 0 unspecified atom stereocenters. The number of carbonyl (C=O) groups is 1. The second-order valence-corrected chi connectivity index (χ2v) is 5.59. The highest BCUT2D eigenvalue weighted by Gasteiger charge is 2.33. The molecule has 0 aliphatic carbocycles. The molecule has 2 aromatic rings. The quantitative estimate of drug-likeness (QED) is 0.764. The van der Waals surface area contributed by atoms with E-state index in [1.807, 2.05) is 0 Å². The lowest BCUT2D eigenvalue weighted by Crippen LogP contribution is -2.08. The van der Waals surface area contributed by atoms with Crippen molar-refractivity contribution in [3.63, 3.8) is 0 Å². The first kappa shape index (κ1) is 16.2. The molecule has 6 heteroatoms. The summed E-state index contributed by atoms with van der Waals surface area (Å²) < 4.78 is 44.3. The standard InChI is InChI=1S/C18H14F3NO2/c1-10-3-4-11(17(23)24-2)6-14(10)15-7-13(18(19,20)21)5-12-8-22-9-16(12)15/h3-7,9H,8H2,1-2H3. The Bertz CT molecular complexity index is 854. The summed E-state index contributed by atoms with van der Waals surface area (Å²) >= 11 is 0. The summed E-state index contributed by atoms with van der Waals surface area (Å²) in [4.78, 5) is 15.8. The van der Waals surface area contributed by atoms with E-state index >= 15 is 0 Å². The Morgan fingerprint density at radius 1 is 1.17 bits per heavy atom. The van der Waals surface area contributed by atoms with Crippen molar-refractivity contribution < 1.29 is 22.7 Å². The summed E-state index contributed by atoms with van der Waals surface area (Å²) in [7, 11) is 1.26. The van der Waals surface area contributed by atoms with Crippen LogP contribution in [0.1, 0.15) is 32.6 Å². The average molecular weight is 333 g/mol. The number of halogens is 3. The summed E-state index contributed by atoms with van der Waals surface area (Å²) in [6.07, 6.45) is -2.87. The van der Waals surface area contributed by atoms with Gasteiger partial charge in [0.15, 0.2) is 0 Å². The molecule has 124 valence electrons. The van der Waals surface area contributed by atoms with Gasteiger partial charge in [0.05, 0.1) is 24.8 Å². The molecule has 0 spiro atoms. The number of rotatable bonds is 2. The second-order valence-electron chi connectivity index (χ2n) is 5.59. The zero-order valence-electron chi connectivity index (χ0n) is 13.1. The fraction of sp³-hybridized carbons (Fsp3) is 0.222. The van der Waals surface area contributed by atoms with E-state index in [2.05, 4.69) is 4.99 Å². The third-order valence-electron chi connectivity index (χ3n) is 4.02. The molecular formula is C18H14F3NO2. The van der Waals surface area contributed by atoms with Gasteiger partial charge in [0.1, 0.15) is 0 Å². The van der Waals surface area contributed by atoms with Gasteiger partial charge in [-0.25, -0.2) is 4.79 Å². The molecule has 1 heterocycles. The number of esters is 1. The number of hydrogen-bond acceptors (Lipinski definition) is 3. The first-order valence-corrected chi connectivity index (χ1v) is 7.24. The SMILES string of the molecule is COC(=O)c1ccc(C)c(-c2cc(C(F)(F)F)cc3c2C=NC3)c1. The van der Waals surface area contributed by atoms with Crippen molar-refractivity contribution in [3.8, 4) is 11.1 Å². The molecule has 0 saturated carbocycles. The van der Waals surface area contributed by atoms with Gasteiger partial charge < -0.3 is 4.74 Å². The molecule has 0 radical (unpaired) electrons. The molecule has 0 aromatic heterocycles. The summed E-state index contributed by atoms with van der Waals surface area (Å²) in [5, 5.41) is 0. The van der Waals surface area contributed by atoms with Gasteiger partial charge in [-0.05, 0) is 53.4 Å². The number of ether oxygens (including phenoxy) is 1. The number of alkyl halides is 3. The maximum Gasteiger partial charge on any atom is 0.416 e. The van der Waals surface area contributed by atoms with Crippen LogP contribution in [0.4, 0.5) is 13.2 Å². The van der Waals surface area contributed by atoms with E-state index < -0.39 is 17.7 Å². The van der Waals surface area contributed by atoms with E-state index in [1.54, 1.807) is 31.3 Å². The number of nitrogens with zero attached hydrogens (tertiary/aromatic N) is 1. The number of carbonyl (C=O) groups excluding carboxylic acids is 1. The first-order chi connectivity index (χ1) is 11.3. The molecule has 3 nitrogen and oxygen atoms in total. The zero-order chi connectivity index (χ0) is 17.5. The van der Waals surface area contributed by atoms with E-state index in [-0.39, 0.29) is 6.54 Å². The van der Waals surface area contributed by atoms with Crippen molar-refractivity contribution in [2.24, 2.45) is 4.99 Å². The fourth-order valence-corrected chi connectivity index (χ4v) is 2.78. The third kappa shape index (κ3) is 2.79. The Kier molecular flexibility index (Phi) is 3.91. The Hall–Kier alpha value is -2.63. The van der Waals surface area contributed by atoms with Crippen LogP contribution in [0.2, 0.25) is 0 Å². The predicted molar refractivity (Wildman–Crippen MR) is 84.3 cm³/mol. The molecule has 0 bridgehead atoms. The second kappa shape index (κ2) is 5.78. The van der Waals surface area contributed by atoms with Gasteiger partial charge in [-0.15, -0.1) is 0 Å². The minimum absolute atomic E-state index is 0.224. The van der Waals surface area contributed by atoms with Crippen LogP contribution < -0.4 is 0 Å². The molecule has 1 aliphatic heterocycles. The third-order valence-corrected chi connectivity index (χ3v) is 4.02. The largest absolute Gasteiger partial charge is 0.465 e. The highest BCUT2D eigenvalue weighted by molar-refractivity contribution is 5.97. The van der Waals surface area contributed by atoms with Crippen LogP contribution in [0.25, 0.3) is 11.1 Å². The summed E-state index contributed by atoms with van der Waals surface area (Å²) in [5.41, 5.74) is 2.52. The van der Waals surface area contributed by atoms with E-state index in [0.717, 1.165) is 17.7 Å². The van der Waals surface area contributed by atoms with Crippen molar-refractivity contribution >= 4 is 12.2 Å². The molecule has 3 rings (SSSR count). The number of methoxy groups -OCH3 is 1. The van der Waals surface area contributed by atoms with Crippen LogP contribution in [0.15, 0.2) is 35.3 Å². The molecule has 0 saturated heterocycles. The number of aryl methyl sites for hydroxylation is 1. The number of aliphatic imine (C=N–C) groups is 1. The topological polar surface area (TPSA) is 38.7 Å². The van der Waals surface area contributed by atoms with Crippen LogP contribution in [-0.2, 0) is 17.5 Å². The molecule has 24 heavy (non-hydrogen) atoms. The Morgan fingerprint density at radius 3 is 2.58 bits per heavy atom. The maximum absolute atomic E-state index is 13.2. The monoisotopic (exact) mass is 333 g/mol. The average Bonchev–Trinajstić information content (AvgIpc) is 3.01. The van der Waals surface area contributed by atoms with Crippen LogP contribution in [0.3, 0.4) is 0 Å². The molecular weight excluding hydrogens is 319 g/mol. The number of fused-ring (bicyclic) bond motifs is 1. The molecule has 2 aromatic carbocycles. The Labute approximate surface area is 136 Å². The maximum atomic E-state index is 13.2. The van der Waals surface area contributed by atoms with Crippen LogP contribution in [0.5, 0.6) is 0 Å². The van der Waals surface area contributed by atoms with Crippen molar-refractivity contribution in [2.45, 2.75) is 19.6 Å². The van der Waals surface area contributed by atoms with Crippen molar-refractivity contribution in [1.29, 1.82) is 0 Å². The van der Waals surface area contributed by atoms with E-state index in [9.17, 15) is 18.0 Å². The minimum Gasteiger partial charge on any atom is -0.465 e. The number of benzene rings is 2. The van der Waals surface area contributed by atoms with Crippen LogP contribution in [-0.4, -0.2) is 19.3 Å². The van der Waals surface area contributed by atoms with Crippen molar-refractivity contribution in [3.05, 3.63) is 58.1 Å². The van der Waals surface area contributed by atoms with Gasteiger partial charge in [0.2, 0.25) is 0 Å². The van der Waals surface area contributed by atoms with Crippen LogP contribution >= 0.6 is 0 Å². The highest BCUT2D eigenvalue weighted by Crippen LogP contribution is 2.38. The van der Waals surface area contributed by atoms with E-state index in [4.69, 9.17) is 4.74 Å². The molecule has 1 aliphatic rings. The van der Waals surface area contributed by atoms with Gasteiger partial charge >= 0.3 is 12.1 Å². The van der Waals surface area contributed by atoms with Gasteiger partial charge in [-0.3, -0.25) is 4.99 Å². The zero-order valence-corrected chi connectivity index (χ0v) is 13.1. The fourth-order valence-electron chi connectivity index (χ4n) is 2.78. The van der Waals surface area contributed by atoms with Gasteiger partial charge in [0, 0.05) is 11.8 Å². The minimum atomic E-state index is -4.44. The lowest BCUT2D eigenvalue weighted by Gasteiger charge is -2.15. The molecule has 0 atom stereocenters. The van der Waals surface area contributed by atoms with Gasteiger partial charge in [-0.1, -0.05) is 6.07 Å². The van der Waals surface area contributed by atoms with Gasteiger partial charge in [0.25, 0.3) is 0 Å². The molecule has 0 amide bonds.